The average Bonchev–Trinajstić information content (AvgIpc) is 2.76. The second-order valence-corrected chi connectivity index (χ2v) is 6.22. The van der Waals surface area contributed by atoms with Gasteiger partial charge in [0.05, 0.1) is 6.54 Å². The van der Waals surface area contributed by atoms with Gasteiger partial charge >= 0.3 is 0 Å². The minimum absolute atomic E-state index is 0.103. The van der Waals surface area contributed by atoms with Crippen LogP contribution < -0.4 is 5.32 Å². The highest BCUT2D eigenvalue weighted by molar-refractivity contribution is 9.10. The van der Waals surface area contributed by atoms with Crippen LogP contribution in [0.2, 0.25) is 0 Å². The number of benzene rings is 2. The van der Waals surface area contributed by atoms with Crippen LogP contribution in [0.5, 0.6) is 0 Å². The lowest BCUT2D eigenvalue weighted by Gasteiger charge is -2.13. The first-order valence-electron chi connectivity index (χ1n) is 6.77. The second-order valence-electron chi connectivity index (χ2n) is 4.92. The highest BCUT2D eigenvalue weighted by Crippen LogP contribution is 2.19. The third-order valence-electron chi connectivity index (χ3n) is 3.31. The van der Waals surface area contributed by atoms with Gasteiger partial charge in [0, 0.05) is 4.47 Å². The summed E-state index contributed by atoms with van der Waals surface area (Å²) in [5.74, 6) is -0.103. The maximum atomic E-state index is 12.5. The van der Waals surface area contributed by atoms with Crippen LogP contribution in [0.3, 0.4) is 0 Å². The fraction of sp³-hybridized carbons (Fsp3) is 0.0588. The van der Waals surface area contributed by atoms with Crippen molar-refractivity contribution < 1.29 is 4.79 Å². The Morgan fingerprint density at radius 2 is 1.91 bits per heavy atom. The lowest BCUT2D eigenvalue weighted by molar-refractivity contribution is -0.122. The number of thiocarbonyl (C=S) groups is 1. The molecule has 3 nitrogen and oxygen atoms in total. The van der Waals surface area contributed by atoms with Crippen molar-refractivity contribution in [2.75, 3.05) is 0 Å². The molecule has 0 unspecified atom stereocenters. The zero-order chi connectivity index (χ0) is 15.5. The van der Waals surface area contributed by atoms with E-state index in [4.69, 9.17) is 12.2 Å². The lowest BCUT2D eigenvalue weighted by atomic mass is 10.2. The van der Waals surface area contributed by atoms with Crippen molar-refractivity contribution in [2.24, 2.45) is 0 Å². The van der Waals surface area contributed by atoms with E-state index in [1.165, 1.54) is 0 Å². The van der Waals surface area contributed by atoms with Crippen LogP contribution in [-0.4, -0.2) is 15.9 Å². The monoisotopic (exact) mass is 372 g/mol. The molecule has 0 aromatic heterocycles. The molecule has 1 heterocycles. The topological polar surface area (TPSA) is 32.3 Å². The fourth-order valence-corrected chi connectivity index (χ4v) is 2.92. The number of hydrogen-bond acceptors (Lipinski definition) is 2. The number of rotatable bonds is 3. The number of nitrogens with one attached hydrogen (secondary N) is 1. The Labute approximate surface area is 142 Å². The van der Waals surface area contributed by atoms with E-state index in [1.807, 2.05) is 60.7 Å². The largest absolute Gasteiger partial charge is 0.328 e. The Bertz CT molecular complexity index is 758. The van der Waals surface area contributed by atoms with Crippen molar-refractivity contribution in [1.29, 1.82) is 0 Å². The van der Waals surface area contributed by atoms with Crippen LogP contribution >= 0.6 is 28.1 Å². The van der Waals surface area contributed by atoms with Crippen LogP contribution in [0, 0.1) is 0 Å². The molecule has 0 aliphatic carbocycles. The van der Waals surface area contributed by atoms with Crippen molar-refractivity contribution in [3.05, 3.63) is 75.9 Å². The van der Waals surface area contributed by atoms with Crippen molar-refractivity contribution in [3.8, 4) is 0 Å². The molecule has 0 radical (unpaired) electrons. The summed E-state index contributed by atoms with van der Waals surface area (Å²) in [4.78, 5) is 14.1. The van der Waals surface area contributed by atoms with Crippen molar-refractivity contribution in [2.45, 2.75) is 6.54 Å². The summed E-state index contributed by atoms with van der Waals surface area (Å²) in [7, 11) is 0. The van der Waals surface area contributed by atoms with Gasteiger partial charge in [-0.15, -0.1) is 0 Å². The third kappa shape index (κ3) is 3.26. The molecule has 110 valence electrons. The molecule has 0 bridgehead atoms. The molecule has 1 N–H and O–H groups in total. The van der Waals surface area contributed by atoms with E-state index in [2.05, 4.69) is 21.2 Å². The highest BCUT2D eigenvalue weighted by Gasteiger charge is 2.30. The number of nitrogens with zero attached hydrogens (tertiary/aromatic N) is 1. The number of halogens is 1. The van der Waals surface area contributed by atoms with Gasteiger partial charge in [-0.05, 0) is 41.6 Å². The van der Waals surface area contributed by atoms with Gasteiger partial charge in [0.2, 0.25) is 0 Å². The quantitative estimate of drug-likeness (QED) is 0.658. The van der Waals surface area contributed by atoms with Crippen LogP contribution in [0.4, 0.5) is 0 Å². The summed E-state index contributed by atoms with van der Waals surface area (Å²) in [6, 6.07) is 17.6. The Hall–Kier alpha value is -1.98. The molecule has 1 amide bonds. The van der Waals surface area contributed by atoms with Crippen molar-refractivity contribution in [3.63, 3.8) is 0 Å². The van der Waals surface area contributed by atoms with E-state index in [1.54, 1.807) is 4.90 Å². The van der Waals surface area contributed by atoms with E-state index in [0.29, 0.717) is 17.4 Å². The molecule has 1 aliphatic heterocycles. The van der Waals surface area contributed by atoms with Gasteiger partial charge in [-0.1, -0.05) is 58.4 Å². The van der Waals surface area contributed by atoms with E-state index in [-0.39, 0.29) is 5.91 Å². The van der Waals surface area contributed by atoms with E-state index in [9.17, 15) is 4.79 Å². The molecule has 1 saturated heterocycles. The first-order chi connectivity index (χ1) is 10.6. The summed E-state index contributed by atoms with van der Waals surface area (Å²) < 4.78 is 0.969. The van der Waals surface area contributed by atoms with Crippen LogP contribution in [-0.2, 0) is 11.3 Å². The number of amides is 1. The summed E-state index contributed by atoms with van der Waals surface area (Å²) in [6.45, 7) is 0.474. The SMILES string of the molecule is O=C1C(=Cc2cccc(Br)c2)NC(=S)N1Cc1ccccc1. The predicted molar refractivity (Wildman–Crippen MR) is 94.8 cm³/mol. The first kappa shape index (κ1) is 14.9. The Kier molecular flexibility index (Phi) is 4.36. The molecule has 2 aromatic rings. The molecule has 0 saturated carbocycles. The summed E-state index contributed by atoms with van der Waals surface area (Å²) >= 11 is 8.70. The Morgan fingerprint density at radius 3 is 2.64 bits per heavy atom. The number of hydrogen-bond donors (Lipinski definition) is 1. The summed E-state index contributed by atoms with van der Waals surface area (Å²) in [5.41, 5.74) is 2.48. The normalized spacial score (nSPS) is 16.2. The molecule has 0 atom stereocenters. The van der Waals surface area contributed by atoms with E-state index >= 15 is 0 Å². The molecule has 1 fully saturated rings. The van der Waals surface area contributed by atoms with Gasteiger partial charge in [-0.3, -0.25) is 9.69 Å². The number of carbonyl (C=O) groups excluding carboxylic acids is 1. The molecule has 2 aromatic carbocycles. The summed E-state index contributed by atoms with van der Waals surface area (Å²) in [5, 5.41) is 3.44. The minimum atomic E-state index is -0.103. The van der Waals surface area contributed by atoms with Gasteiger partial charge in [-0.2, -0.15) is 0 Å². The van der Waals surface area contributed by atoms with Gasteiger partial charge in [0.25, 0.3) is 5.91 Å². The van der Waals surface area contributed by atoms with Crippen LogP contribution in [0.25, 0.3) is 6.08 Å². The Morgan fingerprint density at radius 1 is 1.14 bits per heavy atom. The van der Waals surface area contributed by atoms with E-state index in [0.717, 1.165) is 15.6 Å². The molecule has 5 heteroatoms. The van der Waals surface area contributed by atoms with Crippen molar-refractivity contribution in [1.82, 2.24) is 10.2 Å². The number of carbonyl (C=O) groups is 1. The maximum absolute atomic E-state index is 12.5. The van der Waals surface area contributed by atoms with Crippen LogP contribution in [0.15, 0.2) is 64.8 Å². The fourth-order valence-electron chi connectivity index (χ4n) is 2.24. The molecular formula is C17H13BrN2OS. The van der Waals surface area contributed by atoms with Gasteiger partial charge in [-0.25, -0.2) is 0 Å². The minimum Gasteiger partial charge on any atom is -0.328 e. The Balaban J connectivity index is 1.82. The lowest BCUT2D eigenvalue weighted by Crippen LogP contribution is -2.29. The highest BCUT2D eigenvalue weighted by atomic mass is 79.9. The average molecular weight is 373 g/mol. The zero-order valence-electron chi connectivity index (χ0n) is 11.6. The summed E-state index contributed by atoms with van der Waals surface area (Å²) in [6.07, 6.45) is 1.81. The molecule has 1 aliphatic rings. The van der Waals surface area contributed by atoms with Gasteiger partial charge in [0.15, 0.2) is 5.11 Å². The van der Waals surface area contributed by atoms with Crippen molar-refractivity contribution >= 4 is 45.2 Å². The molecule has 3 rings (SSSR count). The standard InChI is InChI=1S/C17H13BrN2OS/c18-14-8-4-7-13(9-14)10-15-16(21)20(17(22)19-15)11-12-5-2-1-3-6-12/h1-10H,11H2,(H,19,22). The molecular weight excluding hydrogens is 360 g/mol. The maximum Gasteiger partial charge on any atom is 0.276 e. The zero-order valence-corrected chi connectivity index (χ0v) is 14.0. The smallest absolute Gasteiger partial charge is 0.276 e. The molecule has 22 heavy (non-hydrogen) atoms. The van der Waals surface area contributed by atoms with Gasteiger partial charge in [0.1, 0.15) is 5.70 Å². The predicted octanol–water partition coefficient (Wildman–Crippen LogP) is 3.71. The molecule has 0 spiro atoms. The van der Waals surface area contributed by atoms with E-state index < -0.39 is 0 Å². The van der Waals surface area contributed by atoms with Crippen LogP contribution in [0.1, 0.15) is 11.1 Å². The third-order valence-corrected chi connectivity index (χ3v) is 4.12. The second kappa shape index (κ2) is 6.42. The first-order valence-corrected chi connectivity index (χ1v) is 7.97. The van der Waals surface area contributed by atoms with Gasteiger partial charge < -0.3 is 5.32 Å².